The lowest BCUT2D eigenvalue weighted by atomic mass is 10.1. The molecule has 2 heterocycles. The number of aryl methyl sites for hydroxylation is 1. The van der Waals surface area contributed by atoms with Crippen molar-refractivity contribution in [3.8, 4) is 0 Å². The predicted molar refractivity (Wildman–Crippen MR) is 124 cm³/mol. The van der Waals surface area contributed by atoms with Gasteiger partial charge in [-0.3, -0.25) is 4.79 Å². The molecule has 9 heteroatoms. The number of hydrogen-bond donors (Lipinski definition) is 2. The van der Waals surface area contributed by atoms with E-state index in [0.717, 1.165) is 11.1 Å². The first-order chi connectivity index (χ1) is 15.9. The molecule has 1 amide bonds. The fourth-order valence-corrected chi connectivity index (χ4v) is 5.14. The third-order valence-corrected chi connectivity index (χ3v) is 7.38. The summed E-state index contributed by atoms with van der Waals surface area (Å²) < 4.78 is 38.9. The van der Waals surface area contributed by atoms with Gasteiger partial charge in [0.2, 0.25) is 10.0 Å². The van der Waals surface area contributed by atoms with Crippen LogP contribution in [0.4, 0.5) is 5.69 Å². The highest BCUT2D eigenvalue weighted by Gasteiger charge is 2.29. The average Bonchev–Trinajstić information content (AvgIpc) is 3.36. The van der Waals surface area contributed by atoms with Gasteiger partial charge in [0.05, 0.1) is 31.7 Å². The number of morpholine rings is 1. The van der Waals surface area contributed by atoms with Crippen LogP contribution >= 0.6 is 0 Å². The minimum atomic E-state index is -3.83. The molecule has 0 saturated carbocycles. The normalized spacial score (nSPS) is 14.7. The number of nitrogens with zero attached hydrogens (tertiary/aromatic N) is 1. The van der Waals surface area contributed by atoms with Crippen LogP contribution in [0.5, 0.6) is 0 Å². The van der Waals surface area contributed by atoms with Gasteiger partial charge in [0.25, 0.3) is 5.91 Å². The van der Waals surface area contributed by atoms with Gasteiger partial charge in [0.15, 0.2) is 0 Å². The summed E-state index contributed by atoms with van der Waals surface area (Å²) in [6.07, 6.45) is 1.53. The molecule has 1 aliphatic rings. The number of sulfonamides is 1. The summed E-state index contributed by atoms with van der Waals surface area (Å²) in [5.41, 5.74) is 2.88. The van der Waals surface area contributed by atoms with E-state index < -0.39 is 10.0 Å². The number of carbonyl (C=O) groups is 1. The third kappa shape index (κ3) is 5.62. The van der Waals surface area contributed by atoms with Gasteiger partial charge in [0.1, 0.15) is 10.7 Å². The monoisotopic (exact) mass is 469 g/mol. The molecule has 2 aromatic carbocycles. The Morgan fingerprint density at radius 2 is 1.79 bits per heavy atom. The summed E-state index contributed by atoms with van der Waals surface area (Å²) >= 11 is 0. The van der Waals surface area contributed by atoms with E-state index in [-0.39, 0.29) is 36.0 Å². The second-order valence-electron chi connectivity index (χ2n) is 7.83. The largest absolute Gasteiger partial charge is 0.467 e. The lowest BCUT2D eigenvalue weighted by molar-refractivity contribution is 0.0730. The number of furan rings is 1. The lowest BCUT2D eigenvalue weighted by Gasteiger charge is -2.27. The van der Waals surface area contributed by atoms with Crippen molar-refractivity contribution in [2.75, 3.05) is 31.6 Å². The highest BCUT2D eigenvalue weighted by Crippen LogP contribution is 2.27. The molecule has 33 heavy (non-hydrogen) atoms. The van der Waals surface area contributed by atoms with Gasteiger partial charge >= 0.3 is 0 Å². The maximum absolute atomic E-state index is 13.5. The summed E-state index contributed by atoms with van der Waals surface area (Å²) in [6, 6.07) is 16.2. The second-order valence-corrected chi connectivity index (χ2v) is 9.73. The minimum absolute atomic E-state index is 0.0714. The van der Waals surface area contributed by atoms with Crippen molar-refractivity contribution in [1.82, 2.24) is 9.62 Å². The van der Waals surface area contributed by atoms with Crippen molar-refractivity contribution in [2.24, 2.45) is 0 Å². The third-order valence-electron chi connectivity index (χ3n) is 5.44. The number of rotatable bonds is 8. The van der Waals surface area contributed by atoms with Crippen LogP contribution in [0.25, 0.3) is 0 Å². The zero-order valence-corrected chi connectivity index (χ0v) is 19.2. The second kappa shape index (κ2) is 10.2. The Bertz CT molecular complexity index is 1190. The molecule has 1 aliphatic heterocycles. The van der Waals surface area contributed by atoms with Gasteiger partial charge in [-0.25, -0.2) is 8.42 Å². The molecule has 2 N–H and O–H groups in total. The molecule has 0 aliphatic carbocycles. The number of hydrogen-bond acceptors (Lipinski definition) is 6. The van der Waals surface area contributed by atoms with E-state index in [4.69, 9.17) is 9.15 Å². The molecule has 4 rings (SSSR count). The van der Waals surface area contributed by atoms with E-state index in [1.165, 1.54) is 16.6 Å². The first kappa shape index (κ1) is 23.0. The van der Waals surface area contributed by atoms with Crippen molar-refractivity contribution in [3.05, 3.63) is 83.3 Å². The van der Waals surface area contributed by atoms with Crippen LogP contribution in [0.15, 0.2) is 70.2 Å². The van der Waals surface area contributed by atoms with Crippen LogP contribution in [-0.4, -0.2) is 44.9 Å². The van der Waals surface area contributed by atoms with Gasteiger partial charge < -0.3 is 19.8 Å². The summed E-state index contributed by atoms with van der Waals surface area (Å²) in [7, 11) is -3.83. The number of nitrogens with one attached hydrogen (secondary N) is 2. The topological polar surface area (TPSA) is 101 Å². The van der Waals surface area contributed by atoms with Crippen molar-refractivity contribution < 1.29 is 22.4 Å². The fraction of sp³-hybridized carbons (Fsp3) is 0.292. The smallest absolute Gasteiger partial charge is 0.251 e. The summed E-state index contributed by atoms with van der Waals surface area (Å²) in [6.45, 7) is 3.91. The summed E-state index contributed by atoms with van der Waals surface area (Å²) in [4.78, 5) is 12.8. The molecule has 1 saturated heterocycles. The first-order valence-electron chi connectivity index (χ1n) is 10.8. The van der Waals surface area contributed by atoms with Gasteiger partial charge in [-0.15, -0.1) is 0 Å². The van der Waals surface area contributed by atoms with E-state index in [9.17, 15) is 13.2 Å². The van der Waals surface area contributed by atoms with E-state index in [0.29, 0.717) is 31.2 Å². The van der Waals surface area contributed by atoms with Crippen LogP contribution in [0.1, 0.15) is 27.2 Å². The van der Waals surface area contributed by atoms with E-state index in [2.05, 4.69) is 10.6 Å². The van der Waals surface area contributed by atoms with E-state index in [1.54, 1.807) is 24.3 Å². The van der Waals surface area contributed by atoms with Crippen LogP contribution in [0, 0.1) is 6.92 Å². The van der Waals surface area contributed by atoms with Gasteiger partial charge in [-0.2, -0.15) is 4.31 Å². The van der Waals surface area contributed by atoms with Crippen LogP contribution < -0.4 is 10.6 Å². The predicted octanol–water partition coefficient (Wildman–Crippen LogP) is 3.15. The molecule has 0 unspecified atom stereocenters. The Balaban J connectivity index is 1.60. The molecule has 0 radical (unpaired) electrons. The number of benzene rings is 2. The molecule has 8 nitrogen and oxygen atoms in total. The summed E-state index contributed by atoms with van der Waals surface area (Å²) in [5.74, 6) is 0.232. The molecule has 0 bridgehead atoms. The first-order valence-corrected chi connectivity index (χ1v) is 12.2. The number of carbonyl (C=O) groups excluding carboxylic acids is 1. The van der Waals surface area contributed by atoms with E-state index >= 15 is 0 Å². The Morgan fingerprint density at radius 1 is 1.03 bits per heavy atom. The molecular weight excluding hydrogens is 442 g/mol. The zero-order chi connectivity index (χ0) is 23.3. The molecule has 1 fully saturated rings. The van der Waals surface area contributed by atoms with Gasteiger partial charge in [-0.05, 0) is 42.8 Å². The van der Waals surface area contributed by atoms with Crippen LogP contribution in [-0.2, 0) is 27.8 Å². The standard InChI is InChI=1S/C24H27N3O5S/c1-18-4-6-19(7-5-18)16-25-22-9-8-20(24(28)26-17-21-3-2-12-32-21)15-23(22)33(29,30)27-10-13-31-14-11-27/h2-9,12,15,25H,10-11,13-14,16-17H2,1H3,(H,26,28). The Hall–Kier alpha value is -3.14. The number of anilines is 1. The molecule has 0 atom stereocenters. The van der Waals surface area contributed by atoms with Crippen molar-refractivity contribution in [1.29, 1.82) is 0 Å². The van der Waals surface area contributed by atoms with Gasteiger partial charge in [-0.1, -0.05) is 29.8 Å². The molecule has 174 valence electrons. The number of amides is 1. The minimum Gasteiger partial charge on any atom is -0.467 e. The van der Waals surface area contributed by atoms with Crippen molar-refractivity contribution in [3.63, 3.8) is 0 Å². The zero-order valence-electron chi connectivity index (χ0n) is 18.4. The molecule has 3 aromatic rings. The lowest BCUT2D eigenvalue weighted by Crippen LogP contribution is -2.41. The number of ether oxygens (including phenoxy) is 1. The highest BCUT2D eigenvalue weighted by molar-refractivity contribution is 7.89. The molecule has 1 aromatic heterocycles. The van der Waals surface area contributed by atoms with E-state index in [1.807, 2.05) is 31.2 Å². The molecular formula is C24H27N3O5S. The summed E-state index contributed by atoms with van der Waals surface area (Å²) in [5, 5.41) is 5.99. The van der Waals surface area contributed by atoms with Crippen molar-refractivity contribution >= 4 is 21.6 Å². The fourth-order valence-electron chi connectivity index (χ4n) is 3.53. The SMILES string of the molecule is Cc1ccc(CNc2ccc(C(=O)NCc3ccco3)cc2S(=O)(=O)N2CCOCC2)cc1. The quantitative estimate of drug-likeness (QED) is 0.526. The average molecular weight is 470 g/mol. The van der Waals surface area contributed by atoms with Crippen molar-refractivity contribution in [2.45, 2.75) is 24.9 Å². The Labute approximate surface area is 193 Å². The maximum atomic E-state index is 13.5. The van der Waals surface area contributed by atoms with Crippen LogP contribution in [0.3, 0.4) is 0 Å². The van der Waals surface area contributed by atoms with Gasteiger partial charge in [0, 0.05) is 25.2 Å². The Morgan fingerprint density at radius 3 is 2.48 bits per heavy atom. The highest BCUT2D eigenvalue weighted by atomic mass is 32.2. The Kier molecular flexibility index (Phi) is 7.12. The maximum Gasteiger partial charge on any atom is 0.251 e. The molecule has 0 spiro atoms. The van der Waals surface area contributed by atoms with Crippen LogP contribution in [0.2, 0.25) is 0 Å².